The second-order valence-corrected chi connectivity index (χ2v) is 10.5. The molecule has 0 radical (unpaired) electrons. The lowest BCUT2D eigenvalue weighted by Crippen LogP contribution is -2.48. The highest BCUT2D eigenvalue weighted by atomic mass is 35.5. The average molecular weight is 534 g/mol. The molecule has 1 saturated heterocycles. The zero-order chi connectivity index (χ0) is 26.9. The van der Waals surface area contributed by atoms with Crippen LogP contribution in [0.1, 0.15) is 37.7 Å². The molecule has 0 aromatic heterocycles. The normalized spacial score (nSPS) is 25.8. The van der Waals surface area contributed by atoms with Gasteiger partial charge in [0.15, 0.2) is 0 Å². The predicted molar refractivity (Wildman–Crippen MR) is 139 cm³/mol. The van der Waals surface area contributed by atoms with Gasteiger partial charge >= 0.3 is 12.1 Å². The van der Waals surface area contributed by atoms with Crippen molar-refractivity contribution in [1.82, 2.24) is 9.80 Å². The highest BCUT2D eigenvalue weighted by Gasteiger charge is 2.42. The van der Waals surface area contributed by atoms with Gasteiger partial charge in [-0.05, 0) is 51.4 Å². The topological polar surface area (TPSA) is 93.5 Å². The maximum absolute atomic E-state index is 14.9. The van der Waals surface area contributed by atoms with Crippen LogP contribution < -0.4 is 9.64 Å². The molecular formula is C27H33ClFN3O5. The quantitative estimate of drug-likeness (QED) is 0.523. The lowest BCUT2D eigenvalue weighted by molar-refractivity contribution is -0.141. The lowest BCUT2D eigenvalue weighted by Gasteiger charge is -2.47. The number of amides is 1. The van der Waals surface area contributed by atoms with Crippen LogP contribution in [0.25, 0.3) is 0 Å². The number of nitrogens with zero attached hydrogens (tertiary/aromatic N) is 3. The molecule has 2 N–H and O–H groups in total. The first-order valence-electron chi connectivity index (χ1n) is 12.4. The van der Waals surface area contributed by atoms with E-state index in [0.717, 1.165) is 30.6 Å². The SMILES string of the molecule is CN(c1cc(F)c(Cl)c(O[C@H]2C[C@@H](C(=O)O)N(C(=O)O)C2)c1)C1CCC(c2ccccc2)(N(C)C)CC1. The predicted octanol–water partition coefficient (Wildman–Crippen LogP) is 4.90. The molecule has 4 rings (SSSR count). The number of aliphatic carboxylic acids is 1. The molecular weight excluding hydrogens is 501 g/mol. The first-order chi connectivity index (χ1) is 17.5. The molecule has 2 fully saturated rings. The van der Waals surface area contributed by atoms with Gasteiger partial charge < -0.3 is 19.8 Å². The molecule has 8 nitrogen and oxygen atoms in total. The van der Waals surface area contributed by atoms with Crippen LogP contribution in [0.5, 0.6) is 5.75 Å². The third kappa shape index (κ3) is 5.33. The second-order valence-electron chi connectivity index (χ2n) is 10.1. The molecule has 2 aliphatic rings. The van der Waals surface area contributed by atoms with Gasteiger partial charge in [-0.15, -0.1) is 0 Å². The summed E-state index contributed by atoms with van der Waals surface area (Å²) < 4.78 is 20.7. The maximum atomic E-state index is 14.9. The maximum Gasteiger partial charge on any atom is 0.408 e. The molecule has 0 spiro atoms. The van der Waals surface area contributed by atoms with Crippen molar-refractivity contribution in [3.8, 4) is 5.75 Å². The van der Waals surface area contributed by atoms with E-state index < -0.39 is 30.0 Å². The number of halogens is 2. The molecule has 1 amide bonds. The lowest BCUT2D eigenvalue weighted by atomic mass is 9.73. The van der Waals surface area contributed by atoms with Crippen LogP contribution in [-0.4, -0.2) is 78.0 Å². The van der Waals surface area contributed by atoms with Crippen LogP contribution in [0.15, 0.2) is 42.5 Å². The van der Waals surface area contributed by atoms with Gasteiger partial charge in [0.25, 0.3) is 0 Å². The number of anilines is 1. The molecule has 200 valence electrons. The van der Waals surface area contributed by atoms with Crippen LogP contribution in [0.2, 0.25) is 5.02 Å². The van der Waals surface area contributed by atoms with Crippen LogP contribution in [-0.2, 0) is 10.3 Å². The molecule has 2 aromatic rings. The fraction of sp³-hybridized carbons (Fsp3) is 0.481. The summed E-state index contributed by atoms with van der Waals surface area (Å²) >= 11 is 6.20. The van der Waals surface area contributed by atoms with Gasteiger partial charge in [0.05, 0.1) is 6.54 Å². The Bertz CT molecular complexity index is 1120. The number of carbonyl (C=O) groups is 2. The van der Waals surface area contributed by atoms with Crippen molar-refractivity contribution in [2.45, 2.75) is 55.8 Å². The summed E-state index contributed by atoms with van der Waals surface area (Å²) in [5, 5.41) is 18.5. The first kappa shape index (κ1) is 27.0. The van der Waals surface area contributed by atoms with Gasteiger partial charge in [-0.1, -0.05) is 41.9 Å². The Kier molecular flexibility index (Phi) is 7.85. The van der Waals surface area contributed by atoms with Gasteiger partial charge in [-0.2, -0.15) is 0 Å². The molecule has 2 atom stereocenters. The van der Waals surface area contributed by atoms with E-state index in [-0.39, 0.29) is 35.3 Å². The van der Waals surface area contributed by atoms with E-state index in [1.165, 1.54) is 11.6 Å². The summed E-state index contributed by atoms with van der Waals surface area (Å²) in [7, 11) is 6.14. The number of rotatable bonds is 7. The fourth-order valence-corrected chi connectivity index (χ4v) is 5.92. The van der Waals surface area contributed by atoms with Gasteiger partial charge in [-0.25, -0.2) is 14.0 Å². The largest absolute Gasteiger partial charge is 0.487 e. The summed E-state index contributed by atoms with van der Waals surface area (Å²) in [6.07, 6.45) is 1.56. The van der Waals surface area contributed by atoms with Crippen molar-refractivity contribution < 1.29 is 28.9 Å². The van der Waals surface area contributed by atoms with Crippen molar-refractivity contribution >= 4 is 29.4 Å². The molecule has 1 heterocycles. The van der Waals surface area contributed by atoms with Crippen LogP contribution in [0.4, 0.5) is 14.9 Å². The van der Waals surface area contributed by atoms with Crippen molar-refractivity contribution in [3.05, 3.63) is 58.9 Å². The van der Waals surface area contributed by atoms with Crippen molar-refractivity contribution in [1.29, 1.82) is 0 Å². The van der Waals surface area contributed by atoms with E-state index in [1.54, 1.807) is 6.07 Å². The summed E-state index contributed by atoms with van der Waals surface area (Å²) in [6.45, 7) is -0.140. The molecule has 0 unspecified atom stereocenters. The molecule has 0 bridgehead atoms. The average Bonchev–Trinajstić information content (AvgIpc) is 3.31. The van der Waals surface area contributed by atoms with E-state index in [2.05, 4.69) is 43.3 Å². The van der Waals surface area contributed by atoms with Gasteiger partial charge in [0.2, 0.25) is 0 Å². The molecule has 37 heavy (non-hydrogen) atoms. The molecule has 10 heteroatoms. The van der Waals surface area contributed by atoms with Crippen LogP contribution in [0, 0.1) is 5.82 Å². The smallest absolute Gasteiger partial charge is 0.408 e. The fourth-order valence-electron chi connectivity index (χ4n) is 5.77. The minimum absolute atomic E-state index is 0.0472. The Labute approximate surface area is 221 Å². The van der Waals surface area contributed by atoms with Crippen LogP contribution >= 0.6 is 11.6 Å². The Hall–Kier alpha value is -3.04. The Morgan fingerprint density at radius 2 is 1.76 bits per heavy atom. The third-order valence-electron chi connectivity index (χ3n) is 7.97. The summed E-state index contributed by atoms with van der Waals surface area (Å²) in [6, 6.07) is 12.5. The zero-order valence-corrected chi connectivity index (χ0v) is 22.0. The molecule has 1 saturated carbocycles. The van der Waals surface area contributed by atoms with E-state index in [9.17, 15) is 24.2 Å². The number of likely N-dealkylation sites (tertiary alicyclic amines) is 1. The first-order valence-corrected chi connectivity index (χ1v) is 12.7. The van der Waals surface area contributed by atoms with Crippen LogP contribution in [0.3, 0.4) is 0 Å². The Balaban J connectivity index is 1.50. The van der Waals surface area contributed by atoms with Gasteiger partial charge in [0.1, 0.15) is 28.7 Å². The minimum Gasteiger partial charge on any atom is -0.487 e. The molecule has 1 aliphatic heterocycles. The van der Waals surface area contributed by atoms with Crippen molar-refractivity contribution in [2.24, 2.45) is 0 Å². The van der Waals surface area contributed by atoms with E-state index in [0.29, 0.717) is 5.69 Å². The van der Waals surface area contributed by atoms with Crippen molar-refractivity contribution in [3.63, 3.8) is 0 Å². The summed E-state index contributed by atoms with van der Waals surface area (Å²) in [5.41, 5.74) is 1.83. The van der Waals surface area contributed by atoms with Gasteiger partial charge in [0, 0.05) is 36.8 Å². The van der Waals surface area contributed by atoms with E-state index in [1.807, 2.05) is 18.0 Å². The second kappa shape index (κ2) is 10.8. The number of carboxylic acids is 1. The Morgan fingerprint density at radius 3 is 2.30 bits per heavy atom. The zero-order valence-electron chi connectivity index (χ0n) is 21.2. The molecule has 1 aliphatic carbocycles. The van der Waals surface area contributed by atoms with Crippen molar-refractivity contribution in [2.75, 3.05) is 32.6 Å². The van der Waals surface area contributed by atoms with E-state index >= 15 is 0 Å². The third-order valence-corrected chi connectivity index (χ3v) is 8.34. The highest BCUT2D eigenvalue weighted by Crippen LogP contribution is 2.43. The molecule has 2 aromatic carbocycles. The number of hydrogen-bond acceptors (Lipinski definition) is 5. The van der Waals surface area contributed by atoms with Gasteiger partial charge in [-0.3, -0.25) is 9.80 Å². The number of carboxylic acid groups (broad SMARTS) is 2. The minimum atomic E-state index is -1.34. The monoisotopic (exact) mass is 533 g/mol. The summed E-state index contributed by atoms with van der Waals surface area (Å²) in [4.78, 5) is 28.1. The number of benzene rings is 2. The summed E-state index contributed by atoms with van der Waals surface area (Å²) in [5.74, 6) is -1.82. The number of ether oxygens (including phenoxy) is 1. The standard InChI is InChI=1S/C27H33ClFN3O5/c1-30(2)27(17-7-5-4-6-8-17)11-9-18(10-12-27)31(3)19-13-21(29)24(28)23(14-19)37-20-15-22(25(33)34)32(16-20)26(35)36/h4-8,13-14,18,20,22H,9-12,15-16H2,1-3H3,(H,33,34)(H,35,36)/t18?,20-,22-,27?/m0/s1. The highest BCUT2D eigenvalue weighted by molar-refractivity contribution is 6.32. The number of hydrogen-bond donors (Lipinski definition) is 2. The Morgan fingerprint density at radius 1 is 1.11 bits per heavy atom. The van der Waals surface area contributed by atoms with E-state index in [4.69, 9.17) is 16.3 Å².